The zero-order valence-corrected chi connectivity index (χ0v) is 18.7. The zero-order chi connectivity index (χ0) is 21.9. The minimum absolute atomic E-state index is 0.0688. The average Bonchev–Trinajstić information content (AvgIpc) is 2.79. The molecule has 0 spiro atoms. The van der Waals surface area contributed by atoms with Gasteiger partial charge in [-0.2, -0.15) is 0 Å². The normalized spacial score (nSPS) is 13.4. The van der Waals surface area contributed by atoms with Gasteiger partial charge < -0.3 is 20.1 Å². The van der Waals surface area contributed by atoms with Crippen LogP contribution in [0, 0.1) is 6.92 Å². The van der Waals surface area contributed by atoms with Crippen LogP contribution in [0.25, 0.3) is 0 Å². The van der Waals surface area contributed by atoms with Crippen molar-refractivity contribution < 1.29 is 14.3 Å². The molecule has 1 amide bonds. The van der Waals surface area contributed by atoms with Gasteiger partial charge in [-0.15, -0.1) is 0 Å². The highest BCUT2D eigenvalue weighted by molar-refractivity contribution is 5.91. The van der Waals surface area contributed by atoms with Crippen molar-refractivity contribution in [2.75, 3.05) is 25.1 Å². The molecule has 3 rings (SSSR count). The summed E-state index contributed by atoms with van der Waals surface area (Å²) in [5.74, 6) is 1.05. The summed E-state index contributed by atoms with van der Waals surface area (Å²) in [5.41, 5.74) is 4.63. The van der Waals surface area contributed by atoms with Gasteiger partial charge in [0, 0.05) is 12.2 Å². The first-order valence-corrected chi connectivity index (χ1v) is 11.3. The fourth-order valence-corrected chi connectivity index (χ4v) is 3.64. The van der Waals surface area contributed by atoms with Crippen LogP contribution >= 0.6 is 0 Å². The molecule has 5 nitrogen and oxygen atoms in total. The molecular weight excluding hydrogens is 388 g/mol. The number of hydrogen-bond acceptors (Lipinski definition) is 4. The maximum absolute atomic E-state index is 12.2. The number of allylic oxidation sites excluding steroid dienone is 1. The van der Waals surface area contributed by atoms with E-state index in [1.165, 1.54) is 25.7 Å². The van der Waals surface area contributed by atoms with E-state index in [9.17, 15) is 4.79 Å². The molecule has 0 atom stereocenters. The molecule has 0 unspecified atom stereocenters. The average molecular weight is 423 g/mol. The van der Waals surface area contributed by atoms with Crippen molar-refractivity contribution in [2.45, 2.75) is 52.5 Å². The van der Waals surface area contributed by atoms with Crippen LogP contribution in [0.15, 0.2) is 54.1 Å². The lowest BCUT2D eigenvalue weighted by molar-refractivity contribution is -0.118. The molecule has 5 heteroatoms. The number of amides is 1. The van der Waals surface area contributed by atoms with Crippen LogP contribution in [0.3, 0.4) is 0 Å². The molecule has 0 saturated heterocycles. The Hall–Kier alpha value is -2.79. The molecule has 0 fully saturated rings. The lowest BCUT2D eigenvalue weighted by Gasteiger charge is -2.15. The largest absolute Gasteiger partial charge is 0.490 e. The first-order chi connectivity index (χ1) is 15.1. The van der Waals surface area contributed by atoms with Gasteiger partial charge in [0.2, 0.25) is 0 Å². The highest BCUT2D eigenvalue weighted by Crippen LogP contribution is 2.28. The molecule has 0 heterocycles. The predicted octanol–water partition coefficient (Wildman–Crippen LogP) is 5.39. The standard InChI is InChI=1S/C26H34N2O3/c1-3-30-25-17-22(18-27-16-15-21-7-5-4-6-8-21)11-14-24(25)31-19-26(29)28-23-12-9-20(2)10-13-23/h7,9-14,17,27H,3-6,8,15-16,18-19H2,1-2H3,(H,28,29). The van der Waals surface area contributed by atoms with E-state index in [0.29, 0.717) is 18.1 Å². The first-order valence-electron chi connectivity index (χ1n) is 11.3. The molecule has 0 aliphatic heterocycles. The molecule has 2 aromatic carbocycles. The van der Waals surface area contributed by atoms with E-state index in [4.69, 9.17) is 9.47 Å². The summed E-state index contributed by atoms with van der Waals surface area (Å²) in [4.78, 5) is 12.2. The number of ether oxygens (including phenoxy) is 2. The van der Waals surface area contributed by atoms with Gasteiger partial charge in [0.1, 0.15) is 0 Å². The van der Waals surface area contributed by atoms with E-state index < -0.39 is 0 Å². The summed E-state index contributed by atoms with van der Waals surface area (Å²) in [6.45, 7) is 6.18. The molecule has 166 valence electrons. The van der Waals surface area contributed by atoms with Crippen LogP contribution < -0.4 is 20.1 Å². The number of carbonyl (C=O) groups excluding carboxylic acids is 1. The molecule has 31 heavy (non-hydrogen) atoms. The highest BCUT2D eigenvalue weighted by atomic mass is 16.5. The summed E-state index contributed by atoms with van der Waals surface area (Å²) in [5, 5.41) is 6.36. The van der Waals surface area contributed by atoms with Gasteiger partial charge in [0.25, 0.3) is 5.91 Å². The lowest BCUT2D eigenvalue weighted by Crippen LogP contribution is -2.20. The molecule has 2 N–H and O–H groups in total. The zero-order valence-electron chi connectivity index (χ0n) is 18.7. The van der Waals surface area contributed by atoms with E-state index >= 15 is 0 Å². The second kappa shape index (κ2) is 12.2. The summed E-state index contributed by atoms with van der Waals surface area (Å²) < 4.78 is 11.5. The third-order valence-electron chi connectivity index (χ3n) is 5.34. The number of nitrogens with one attached hydrogen (secondary N) is 2. The molecule has 0 radical (unpaired) electrons. The van der Waals surface area contributed by atoms with Crippen molar-refractivity contribution in [3.63, 3.8) is 0 Å². The van der Waals surface area contributed by atoms with E-state index in [2.05, 4.69) is 16.7 Å². The topological polar surface area (TPSA) is 59.6 Å². The summed E-state index contributed by atoms with van der Waals surface area (Å²) in [6, 6.07) is 13.6. The summed E-state index contributed by atoms with van der Waals surface area (Å²) >= 11 is 0. The van der Waals surface area contributed by atoms with Crippen molar-refractivity contribution in [1.29, 1.82) is 0 Å². The van der Waals surface area contributed by atoms with Crippen molar-refractivity contribution in [2.24, 2.45) is 0 Å². The fourth-order valence-electron chi connectivity index (χ4n) is 3.64. The Balaban J connectivity index is 1.48. The smallest absolute Gasteiger partial charge is 0.262 e. The second-order valence-electron chi connectivity index (χ2n) is 7.95. The molecule has 1 aliphatic carbocycles. The Morgan fingerprint density at radius 1 is 1.03 bits per heavy atom. The minimum atomic E-state index is -0.200. The number of benzene rings is 2. The van der Waals surface area contributed by atoms with E-state index in [-0.39, 0.29) is 12.5 Å². The van der Waals surface area contributed by atoms with Gasteiger partial charge in [-0.25, -0.2) is 0 Å². The first kappa shape index (κ1) is 22.9. The van der Waals surface area contributed by atoms with Crippen LogP contribution in [0.4, 0.5) is 5.69 Å². The van der Waals surface area contributed by atoms with Crippen LogP contribution in [0.1, 0.15) is 50.2 Å². The van der Waals surface area contributed by atoms with Gasteiger partial charge in [0.05, 0.1) is 6.61 Å². The molecular formula is C26H34N2O3. The summed E-state index contributed by atoms with van der Waals surface area (Å²) in [6.07, 6.45) is 8.67. The SMILES string of the molecule is CCOc1cc(CNCCC2=CCCCC2)ccc1OCC(=O)Nc1ccc(C)cc1. The lowest BCUT2D eigenvalue weighted by atomic mass is 9.97. The number of rotatable bonds is 11. The van der Waals surface area contributed by atoms with Crippen molar-refractivity contribution in [3.05, 3.63) is 65.2 Å². The number of hydrogen-bond donors (Lipinski definition) is 2. The molecule has 0 bridgehead atoms. The Morgan fingerprint density at radius 3 is 2.61 bits per heavy atom. The molecule has 2 aromatic rings. The Morgan fingerprint density at radius 2 is 1.87 bits per heavy atom. The quantitative estimate of drug-likeness (QED) is 0.376. The van der Waals surface area contributed by atoms with Crippen LogP contribution in [-0.2, 0) is 11.3 Å². The molecule has 1 aliphatic rings. The maximum atomic E-state index is 12.2. The third-order valence-corrected chi connectivity index (χ3v) is 5.34. The number of carbonyl (C=O) groups is 1. The van der Waals surface area contributed by atoms with Gasteiger partial charge in [0.15, 0.2) is 18.1 Å². The number of anilines is 1. The minimum Gasteiger partial charge on any atom is -0.490 e. The monoisotopic (exact) mass is 422 g/mol. The number of aryl methyl sites for hydroxylation is 1. The van der Waals surface area contributed by atoms with Crippen LogP contribution in [0.5, 0.6) is 11.5 Å². The Labute approximate surface area is 185 Å². The van der Waals surface area contributed by atoms with Crippen molar-refractivity contribution in [3.8, 4) is 11.5 Å². The Kier molecular flexibility index (Phi) is 8.98. The maximum Gasteiger partial charge on any atom is 0.262 e. The van der Waals surface area contributed by atoms with Crippen LogP contribution in [0.2, 0.25) is 0 Å². The second-order valence-corrected chi connectivity index (χ2v) is 7.95. The molecule has 0 aromatic heterocycles. The van der Waals surface area contributed by atoms with Crippen molar-refractivity contribution in [1.82, 2.24) is 5.32 Å². The van der Waals surface area contributed by atoms with Crippen LogP contribution in [-0.4, -0.2) is 25.7 Å². The van der Waals surface area contributed by atoms with E-state index in [1.54, 1.807) is 5.57 Å². The van der Waals surface area contributed by atoms with Gasteiger partial charge in [-0.3, -0.25) is 4.79 Å². The highest BCUT2D eigenvalue weighted by Gasteiger charge is 2.10. The van der Waals surface area contributed by atoms with E-state index in [0.717, 1.165) is 36.3 Å². The van der Waals surface area contributed by atoms with Gasteiger partial charge >= 0.3 is 0 Å². The Bertz CT molecular complexity index is 875. The fraction of sp³-hybridized carbons (Fsp3) is 0.423. The van der Waals surface area contributed by atoms with E-state index in [1.807, 2.05) is 56.3 Å². The van der Waals surface area contributed by atoms with Gasteiger partial charge in [-0.05, 0) is 82.3 Å². The summed E-state index contributed by atoms with van der Waals surface area (Å²) in [7, 11) is 0. The predicted molar refractivity (Wildman–Crippen MR) is 126 cm³/mol. The van der Waals surface area contributed by atoms with Crippen molar-refractivity contribution >= 4 is 11.6 Å². The third kappa shape index (κ3) is 7.76. The molecule has 0 saturated carbocycles. The van der Waals surface area contributed by atoms with Gasteiger partial charge in [-0.1, -0.05) is 35.4 Å².